The maximum Gasteiger partial charge on any atom is 0.437 e. The van der Waals surface area contributed by atoms with Gasteiger partial charge in [-0.1, -0.05) is 19.1 Å². The van der Waals surface area contributed by atoms with Gasteiger partial charge in [0.2, 0.25) is 5.91 Å². The molecule has 1 fully saturated rings. The summed E-state index contributed by atoms with van der Waals surface area (Å²) < 4.78 is 56.4. The molecule has 1 aromatic carbocycles. The average Bonchev–Trinajstić information content (AvgIpc) is 3.18. The number of nitrogens with zero attached hydrogens (tertiary/aromatic N) is 5. The SMILES string of the molecule is C=CC(=O)N1CCc2nn(-c3ccc(C4CCC4)c(F)c3N)c3c2C(C1)N(C(=O)c1cnc(C(F)(F)F)c(O)c1)CC3. The normalized spacial score (nSPS) is 18.7. The van der Waals surface area contributed by atoms with Gasteiger partial charge in [0, 0.05) is 44.2 Å². The Kier molecular flexibility index (Phi) is 6.70. The van der Waals surface area contributed by atoms with E-state index in [1.807, 2.05) is 0 Å². The minimum absolute atomic E-state index is 0.0156. The third kappa shape index (κ3) is 4.47. The molecule has 1 atom stereocenters. The highest BCUT2D eigenvalue weighted by molar-refractivity contribution is 5.95. The van der Waals surface area contributed by atoms with Gasteiger partial charge >= 0.3 is 6.18 Å². The topological polar surface area (TPSA) is 118 Å². The van der Waals surface area contributed by atoms with Crippen LogP contribution in [0.2, 0.25) is 0 Å². The molecule has 13 heteroatoms. The zero-order valence-electron chi connectivity index (χ0n) is 22.5. The van der Waals surface area contributed by atoms with Crippen LogP contribution in [0.1, 0.15) is 69.8 Å². The standard InChI is InChI=1S/C29H28F4N6O3/c1-2-23(41)37-10-8-18-24-19(39(36-18)20-7-6-17(15-4-3-5-15)25(30)26(20)34)9-11-38(21(24)14-37)28(42)16-12-22(40)27(35-13-16)29(31,32)33/h2,6-7,12-13,15,21,40H,1,3-5,8-11,14,34H2. The van der Waals surface area contributed by atoms with Crippen LogP contribution < -0.4 is 5.73 Å². The first-order valence-corrected chi connectivity index (χ1v) is 13.7. The van der Waals surface area contributed by atoms with Crippen LogP contribution in [0, 0.1) is 5.82 Å². The number of rotatable bonds is 4. The van der Waals surface area contributed by atoms with E-state index in [2.05, 4.69) is 11.6 Å². The van der Waals surface area contributed by atoms with Gasteiger partial charge in [-0.05, 0) is 42.5 Å². The number of aromatic nitrogens is 3. The van der Waals surface area contributed by atoms with Gasteiger partial charge in [-0.2, -0.15) is 18.3 Å². The molecular formula is C29H28F4N6O3. The van der Waals surface area contributed by atoms with E-state index in [0.29, 0.717) is 34.6 Å². The number of amides is 2. The molecule has 3 N–H and O–H groups in total. The second-order valence-corrected chi connectivity index (χ2v) is 10.8. The first-order chi connectivity index (χ1) is 20.0. The predicted octanol–water partition coefficient (Wildman–Crippen LogP) is 4.29. The Balaban J connectivity index is 1.41. The highest BCUT2D eigenvalue weighted by atomic mass is 19.4. The molecule has 0 spiro atoms. The molecule has 2 aliphatic heterocycles. The summed E-state index contributed by atoms with van der Waals surface area (Å²) in [6.07, 6.45) is 0.560. The van der Waals surface area contributed by atoms with Crippen LogP contribution in [0.25, 0.3) is 5.69 Å². The number of aromatic hydroxyl groups is 1. The van der Waals surface area contributed by atoms with Crippen LogP contribution in [0.3, 0.4) is 0 Å². The van der Waals surface area contributed by atoms with Crippen molar-refractivity contribution >= 4 is 17.5 Å². The lowest BCUT2D eigenvalue weighted by Crippen LogP contribution is -2.45. The highest BCUT2D eigenvalue weighted by Gasteiger charge is 2.41. The van der Waals surface area contributed by atoms with E-state index in [1.165, 1.54) is 15.9 Å². The summed E-state index contributed by atoms with van der Waals surface area (Å²) in [5, 5.41) is 14.8. The second kappa shape index (κ2) is 10.1. The maximum atomic E-state index is 15.4. The fraction of sp³-hybridized carbons (Fsp3) is 0.379. The number of benzene rings is 1. The van der Waals surface area contributed by atoms with Crippen LogP contribution >= 0.6 is 0 Å². The lowest BCUT2D eigenvalue weighted by Gasteiger charge is -2.38. The van der Waals surface area contributed by atoms with Gasteiger partial charge in [-0.25, -0.2) is 14.1 Å². The number of halogens is 4. The largest absolute Gasteiger partial charge is 0.506 e. The van der Waals surface area contributed by atoms with Crippen molar-refractivity contribution in [1.29, 1.82) is 0 Å². The Bertz CT molecular complexity index is 1610. The average molecular weight is 585 g/mol. The molecule has 220 valence electrons. The zero-order chi connectivity index (χ0) is 29.9. The van der Waals surface area contributed by atoms with Crippen molar-refractivity contribution in [3.8, 4) is 11.4 Å². The summed E-state index contributed by atoms with van der Waals surface area (Å²) in [6, 6.07) is 3.52. The second-order valence-electron chi connectivity index (χ2n) is 10.8. The molecule has 1 saturated carbocycles. The maximum absolute atomic E-state index is 15.4. The molecule has 0 bridgehead atoms. The van der Waals surface area contributed by atoms with E-state index in [-0.39, 0.29) is 49.1 Å². The van der Waals surface area contributed by atoms with Crippen molar-refractivity contribution in [2.75, 3.05) is 25.4 Å². The van der Waals surface area contributed by atoms with Crippen molar-refractivity contribution in [3.63, 3.8) is 0 Å². The number of hydrogen-bond acceptors (Lipinski definition) is 6. The van der Waals surface area contributed by atoms with E-state index in [1.54, 1.807) is 16.8 Å². The Morgan fingerprint density at radius 1 is 1.17 bits per heavy atom. The molecule has 0 saturated heterocycles. The molecule has 3 aromatic rings. The summed E-state index contributed by atoms with van der Waals surface area (Å²) in [5.74, 6) is -2.49. The van der Waals surface area contributed by atoms with Crippen LogP contribution in [0.4, 0.5) is 23.2 Å². The van der Waals surface area contributed by atoms with Crippen molar-refractivity contribution < 1.29 is 32.3 Å². The first-order valence-electron chi connectivity index (χ1n) is 13.7. The van der Waals surface area contributed by atoms with E-state index in [9.17, 15) is 27.9 Å². The fourth-order valence-electron chi connectivity index (χ4n) is 6.14. The zero-order valence-corrected chi connectivity index (χ0v) is 22.5. The summed E-state index contributed by atoms with van der Waals surface area (Å²) >= 11 is 0. The molecule has 2 aromatic heterocycles. The Morgan fingerprint density at radius 2 is 1.93 bits per heavy atom. The van der Waals surface area contributed by atoms with Crippen molar-refractivity contribution in [2.24, 2.45) is 0 Å². The Labute approximate surface area is 238 Å². The molecule has 4 heterocycles. The molecule has 1 unspecified atom stereocenters. The Morgan fingerprint density at radius 3 is 2.57 bits per heavy atom. The summed E-state index contributed by atoms with van der Waals surface area (Å²) in [7, 11) is 0. The van der Waals surface area contributed by atoms with Crippen molar-refractivity contribution in [3.05, 3.63) is 76.6 Å². The molecule has 1 aliphatic carbocycles. The van der Waals surface area contributed by atoms with Crippen molar-refractivity contribution in [2.45, 2.75) is 50.2 Å². The number of carbonyl (C=O) groups is 2. The predicted molar refractivity (Wildman–Crippen MR) is 143 cm³/mol. The molecule has 0 radical (unpaired) electrons. The van der Waals surface area contributed by atoms with Gasteiger partial charge in [0.15, 0.2) is 11.5 Å². The Hall–Kier alpha value is -4.42. The molecular weight excluding hydrogens is 556 g/mol. The van der Waals surface area contributed by atoms with E-state index >= 15 is 4.39 Å². The van der Waals surface area contributed by atoms with Crippen LogP contribution in [-0.4, -0.2) is 61.1 Å². The van der Waals surface area contributed by atoms with Gasteiger partial charge in [0.25, 0.3) is 5.91 Å². The van der Waals surface area contributed by atoms with Crippen LogP contribution in [-0.2, 0) is 23.8 Å². The fourth-order valence-corrected chi connectivity index (χ4v) is 6.14. The summed E-state index contributed by atoms with van der Waals surface area (Å²) in [4.78, 5) is 32.6. The smallest absolute Gasteiger partial charge is 0.437 e. The highest BCUT2D eigenvalue weighted by Crippen LogP contribution is 2.42. The first kappa shape index (κ1) is 27.7. The number of nitrogen functional groups attached to an aromatic ring is 1. The minimum Gasteiger partial charge on any atom is -0.506 e. The summed E-state index contributed by atoms with van der Waals surface area (Å²) in [6.45, 7) is 4.02. The van der Waals surface area contributed by atoms with Gasteiger partial charge in [-0.3, -0.25) is 9.59 Å². The minimum atomic E-state index is -4.89. The molecule has 6 rings (SSSR count). The number of anilines is 1. The van der Waals surface area contributed by atoms with E-state index in [0.717, 1.165) is 31.5 Å². The molecule has 9 nitrogen and oxygen atoms in total. The van der Waals surface area contributed by atoms with Crippen molar-refractivity contribution in [1.82, 2.24) is 24.6 Å². The lowest BCUT2D eigenvalue weighted by atomic mass is 9.79. The monoisotopic (exact) mass is 584 g/mol. The summed E-state index contributed by atoms with van der Waals surface area (Å²) in [5.41, 5.74) is 7.53. The molecule has 2 amide bonds. The third-order valence-electron chi connectivity index (χ3n) is 8.50. The molecule has 42 heavy (non-hydrogen) atoms. The molecule has 3 aliphatic rings. The number of hydrogen-bond donors (Lipinski definition) is 2. The van der Waals surface area contributed by atoms with Gasteiger partial charge in [-0.15, -0.1) is 0 Å². The quantitative estimate of drug-likeness (QED) is 0.269. The van der Waals surface area contributed by atoms with Crippen LogP contribution in [0.15, 0.2) is 37.1 Å². The van der Waals surface area contributed by atoms with E-state index in [4.69, 9.17) is 10.8 Å². The number of carbonyl (C=O) groups excluding carboxylic acids is 2. The van der Waals surface area contributed by atoms with Gasteiger partial charge < -0.3 is 20.6 Å². The van der Waals surface area contributed by atoms with Gasteiger partial charge in [0.05, 0.1) is 34.4 Å². The lowest BCUT2D eigenvalue weighted by molar-refractivity contribution is -0.142. The number of nitrogens with two attached hydrogens (primary N) is 1. The number of alkyl halides is 3. The van der Waals surface area contributed by atoms with Gasteiger partial charge in [0.1, 0.15) is 5.75 Å². The van der Waals surface area contributed by atoms with Crippen LogP contribution in [0.5, 0.6) is 5.75 Å². The number of pyridine rings is 1. The van der Waals surface area contributed by atoms with E-state index < -0.39 is 35.4 Å². The third-order valence-corrected chi connectivity index (χ3v) is 8.50.